The van der Waals surface area contributed by atoms with Crippen molar-refractivity contribution >= 4 is 0 Å². The van der Waals surface area contributed by atoms with Crippen molar-refractivity contribution in [2.24, 2.45) is 0 Å². The maximum absolute atomic E-state index is 13.2. The Balaban J connectivity index is 1.61. The number of rotatable bonds is 8. The molecule has 3 aromatic carbocycles. The number of aryl methyl sites for hydroxylation is 1. The fraction of sp³-hybridized carbons (Fsp3) is 0.200. The number of ether oxygens (including phenoxy) is 1. The van der Waals surface area contributed by atoms with E-state index in [9.17, 15) is 4.39 Å². The Labute approximate surface area is 161 Å². The summed E-state index contributed by atoms with van der Waals surface area (Å²) >= 11 is 0. The number of allylic oxidation sites excluding steroid dienone is 1. The van der Waals surface area contributed by atoms with Crippen molar-refractivity contribution in [3.8, 4) is 11.5 Å². The van der Waals surface area contributed by atoms with E-state index in [1.165, 1.54) is 17.7 Å². The topological polar surface area (TPSA) is 9.23 Å². The minimum absolute atomic E-state index is 0.161. The molecule has 2 heteroatoms. The Kier molecular flexibility index (Phi) is 6.08. The van der Waals surface area contributed by atoms with Crippen molar-refractivity contribution < 1.29 is 9.13 Å². The first kappa shape index (κ1) is 18.9. The highest BCUT2D eigenvalue weighted by Gasteiger charge is 2.22. The predicted octanol–water partition coefficient (Wildman–Crippen LogP) is 7.08. The van der Waals surface area contributed by atoms with Crippen LogP contribution in [0.25, 0.3) is 0 Å². The van der Waals surface area contributed by atoms with Gasteiger partial charge >= 0.3 is 0 Å². The van der Waals surface area contributed by atoms with Crippen molar-refractivity contribution in [3.05, 3.63) is 108 Å². The zero-order valence-corrected chi connectivity index (χ0v) is 15.7. The molecule has 0 aliphatic heterocycles. The SMILES string of the molecule is C=CC(C)(CCCc1cccc(Oc2ccccc2)c1)c1ccc(F)cc1. The average molecular weight is 360 g/mol. The van der Waals surface area contributed by atoms with Gasteiger partial charge in [0.15, 0.2) is 0 Å². The van der Waals surface area contributed by atoms with Gasteiger partial charge in [-0.15, -0.1) is 6.58 Å². The first-order valence-corrected chi connectivity index (χ1v) is 9.30. The maximum Gasteiger partial charge on any atom is 0.127 e. The maximum atomic E-state index is 13.2. The quantitative estimate of drug-likeness (QED) is 0.390. The normalized spacial score (nSPS) is 13.0. The lowest BCUT2D eigenvalue weighted by Crippen LogP contribution is -2.18. The minimum atomic E-state index is -0.208. The Morgan fingerprint density at radius 1 is 0.926 bits per heavy atom. The number of hydrogen-bond donors (Lipinski definition) is 0. The molecule has 27 heavy (non-hydrogen) atoms. The average Bonchev–Trinajstić information content (AvgIpc) is 2.69. The second-order valence-electron chi connectivity index (χ2n) is 7.04. The van der Waals surface area contributed by atoms with Crippen LogP contribution in [0.15, 0.2) is 91.5 Å². The van der Waals surface area contributed by atoms with Gasteiger partial charge in [-0.2, -0.15) is 0 Å². The van der Waals surface area contributed by atoms with E-state index in [0.29, 0.717) is 0 Å². The van der Waals surface area contributed by atoms with Crippen LogP contribution >= 0.6 is 0 Å². The zero-order valence-electron chi connectivity index (χ0n) is 15.7. The Bertz CT molecular complexity index is 870. The van der Waals surface area contributed by atoms with Crippen LogP contribution in [-0.2, 0) is 11.8 Å². The molecule has 0 aliphatic carbocycles. The molecule has 138 valence electrons. The summed E-state index contributed by atoms with van der Waals surface area (Å²) in [5, 5.41) is 0. The van der Waals surface area contributed by atoms with Gasteiger partial charge in [-0.25, -0.2) is 4.39 Å². The third-order valence-corrected chi connectivity index (χ3v) is 4.99. The number of hydrogen-bond acceptors (Lipinski definition) is 1. The monoisotopic (exact) mass is 360 g/mol. The summed E-state index contributed by atoms with van der Waals surface area (Å²) < 4.78 is 19.1. The van der Waals surface area contributed by atoms with Crippen LogP contribution in [0.1, 0.15) is 30.9 Å². The Morgan fingerprint density at radius 3 is 2.33 bits per heavy atom. The molecule has 0 aromatic heterocycles. The van der Waals surface area contributed by atoms with E-state index in [1.54, 1.807) is 0 Å². The minimum Gasteiger partial charge on any atom is -0.457 e. The number of halogens is 1. The lowest BCUT2D eigenvalue weighted by atomic mass is 9.78. The van der Waals surface area contributed by atoms with Gasteiger partial charge in [0.2, 0.25) is 0 Å². The van der Waals surface area contributed by atoms with Crippen LogP contribution in [0.4, 0.5) is 4.39 Å². The van der Waals surface area contributed by atoms with Gasteiger partial charge in [-0.3, -0.25) is 0 Å². The molecule has 0 saturated carbocycles. The van der Waals surface area contributed by atoms with E-state index in [1.807, 2.05) is 60.7 Å². The van der Waals surface area contributed by atoms with E-state index in [2.05, 4.69) is 25.6 Å². The summed E-state index contributed by atoms with van der Waals surface area (Å²) in [6.45, 7) is 6.16. The third kappa shape index (κ3) is 5.07. The van der Waals surface area contributed by atoms with Gasteiger partial charge in [-0.05, 0) is 66.8 Å². The molecule has 0 bridgehead atoms. The fourth-order valence-corrected chi connectivity index (χ4v) is 3.24. The highest BCUT2D eigenvalue weighted by atomic mass is 19.1. The fourth-order valence-electron chi connectivity index (χ4n) is 3.24. The molecule has 1 unspecified atom stereocenters. The van der Waals surface area contributed by atoms with Gasteiger partial charge in [0.25, 0.3) is 0 Å². The van der Waals surface area contributed by atoms with E-state index >= 15 is 0 Å². The first-order chi connectivity index (χ1) is 13.1. The molecule has 0 aliphatic rings. The summed E-state index contributed by atoms with van der Waals surface area (Å²) in [5.41, 5.74) is 2.18. The smallest absolute Gasteiger partial charge is 0.127 e. The molecule has 0 radical (unpaired) electrons. The van der Waals surface area contributed by atoms with Gasteiger partial charge in [0.1, 0.15) is 17.3 Å². The van der Waals surface area contributed by atoms with Crippen LogP contribution < -0.4 is 4.74 Å². The van der Waals surface area contributed by atoms with Crippen LogP contribution in [0.5, 0.6) is 11.5 Å². The summed E-state index contributed by atoms with van der Waals surface area (Å²) in [5.74, 6) is 1.48. The highest BCUT2D eigenvalue weighted by Crippen LogP contribution is 2.31. The summed E-state index contributed by atoms with van der Waals surface area (Å²) in [4.78, 5) is 0. The molecule has 0 saturated heterocycles. The second-order valence-corrected chi connectivity index (χ2v) is 7.04. The molecule has 1 atom stereocenters. The molecule has 3 rings (SSSR count). The largest absolute Gasteiger partial charge is 0.457 e. The molecular weight excluding hydrogens is 335 g/mol. The molecule has 0 spiro atoms. The Hall–Kier alpha value is -2.87. The van der Waals surface area contributed by atoms with E-state index < -0.39 is 0 Å². The molecule has 0 heterocycles. The van der Waals surface area contributed by atoms with Crippen LogP contribution in [0.3, 0.4) is 0 Å². The number of benzene rings is 3. The second kappa shape index (κ2) is 8.68. The van der Waals surface area contributed by atoms with Gasteiger partial charge < -0.3 is 4.74 Å². The molecule has 0 N–H and O–H groups in total. The van der Waals surface area contributed by atoms with Crippen molar-refractivity contribution in [1.29, 1.82) is 0 Å². The third-order valence-electron chi connectivity index (χ3n) is 4.99. The van der Waals surface area contributed by atoms with Crippen molar-refractivity contribution in [2.45, 2.75) is 31.6 Å². The van der Waals surface area contributed by atoms with Gasteiger partial charge in [-0.1, -0.05) is 55.5 Å². The number of para-hydroxylation sites is 1. The van der Waals surface area contributed by atoms with Gasteiger partial charge in [0, 0.05) is 5.41 Å². The molecule has 3 aromatic rings. The summed E-state index contributed by atoms with van der Waals surface area (Å²) in [6, 6.07) is 24.8. The summed E-state index contributed by atoms with van der Waals surface area (Å²) in [6.07, 6.45) is 4.88. The molecule has 0 amide bonds. The van der Waals surface area contributed by atoms with E-state index in [0.717, 1.165) is 36.3 Å². The predicted molar refractivity (Wildman–Crippen MR) is 110 cm³/mol. The lowest BCUT2D eigenvalue weighted by molar-refractivity contribution is 0.481. The van der Waals surface area contributed by atoms with Crippen LogP contribution in [0, 0.1) is 5.82 Å². The van der Waals surface area contributed by atoms with Crippen molar-refractivity contribution in [1.82, 2.24) is 0 Å². The van der Waals surface area contributed by atoms with Crippen molar-refractivity contribution in [3.63, 3.8) is 0 Å². The molecule has 0 fully saturated rings. The standard InChI is InChI=1S/C25H25FO/c1-3-25(2,21-14-16-22(26)17-15-21)18-8-10-20-9-7-13-24(19-20)27-23-11-5-4-6-12-23/h3-7,9,11-17,19H,1,8,10,18H2,2H3. The zero-order chi connectivity index (χ0) is 19.1. The van der Waals surface area contributed by atoms with Crippen molar-refractivity contribution in [2.75, 3.05) is 0 Å². The highest BCUT2D eigenvalue weighted by molar-refractivity contribution is 5.34. The summed E-state index contributed by atoms with van der Waals surface area (Å²) in [7, 11) is 0. The van der Waals surface area contributed by atoms with Gasteiger partial charge in [0.05, 0.1) is 0 Å². The Morgan fingerprint density at radius 2 is 1.63 bits per heavy atom. The van der Waals surface area contributed by atoms with E-state index in [4.69, 9.17) is 4.74 Å². The van der Waals surface area contributed by atoms with Crippen LogP contribution in [0.2, 0.25) is 0 Å². The lowest BCUT2D eigenvalue weighted by Gasteiger charge is -2.26. The van der Waals surface area contributed by atoms with Crippen LogP contribution in [-0.4, -0.2) is 0 Å². The van der Waals surface area contributed by atoms with E-state index in [-0.39, 0.29) is 11.2 Å². The molecule has 1 nitrogen and oxygen atoms in total. The first-order valence-electron chi connectivity index (χ1n) is 9.30. The molecular formula is C25H25FO.